The van der Waals surface area contributed by atoms with Crippen molar-refractivity contribution in [3.05, 3.63) is 121 Å². The number of hydrogen-bond acceptors (Lipinski definition) is 1. The Balaban J connectivity index is 1.57. The predicted octanol–water partition coefficient (Wildman–Crippen LogP) is 6.57. The highest BCUT2D eigenvalue weighted by molar-refractivity contribution is 7.84. The first-order valence-electron chi connectivity index (χ1n) is 12.5. The zero-order valence-corrected chi connectivity index (χ0v) is 21.2. The molecule has 0 spiro atoms. The summed E-state index contributed by atoms with van der Waals surface area (Å²) in [7, 11) is -1.32. The Morgan fingerprint density at radius 1 is 0.471 bits per heavy atom. The van der Waals surface area contributed by atoms with Crippen LogP contribution in [-0.2, 0) is 0 Å². The van der Waals surface area contributed by atoms with Gasteiger partial charge in [0.1, 0.15) is 0 Å². The van der Waals surface area contributed by atoms with Crippen molar-refractivity contribution in [3.8, 4) is 0 Å². The summed E-state index contributed by atoms with van der Waals surface area (Å²) in [6.07, 6.45) is 5.59. The minimum absolute atomic E-state index is 0.636. The minimum Gasteiger partial charge on any atom is -0.241 e. The van der Waals surface area contributed by atoms with E-state index in [2.05, 4.69) is 126 Å². The van der Waals surface area contributed by atoms with Gasteiger partial charge < -0.3 is 0 Å². The molecular formula is C31H31NP2. The highest BCUT2D eigenvalue weighted by Crippen LogP contribution is 2.61. The molecule has 170 valence electrons. The van der Waals surface area contributed by atoms with Gasteiger partial charge in [0.2, 0.25) is 0 Å². The minimum atomic E-state index is -0.662. The summed E-state index contributed by atoms with van der Waals surface area (Å²) >= 11 is 0. The van der Waals surface area contributed by atoms with Crippen molar-refractivity contribution in [1.29, 1.82) is 0 Å². The second kappa shape index (κ2) is 10.1. The Hall–Kier alpha value is -2.30. The second-order valence-corrected chi connectivity index (χ2v) is 14.0. The Morgan fingerprint density at radius 2 is 0.853 bits per heavy atom. The molecule has 0 amide bonds. The third kappa shape index (κ3) is 4.38. The first-order chi connectivity index (χ1) is 16.9. The molecule has 0 aromatic heterocycles. The van der Waals surface area contributed by atoms with E-state index < -0.39 is 16.1 Å². The predicted molar refractivity (Wildman–Crippen MR) is 149 cm³/mol. The van der Waals surface area contributed by atoms with E-state index in [9.17, 15) is 0 Å². The van der Waals surface area contributed by atoms with Gasteiger partial charge in [0, 0.05) is 22.2 Å². The summed E-state index contributed by atoms with van der Waals surface area (Å²) in [5.74, 6) is 1.73. The topological polar surface area (TPSA) is 3.24 Å². The zero-order chi connectivity index (χ0) is 22.7. The molecule has 1 unspecified atom stereocenters. The molecule has 1 nitrogen and oxygen atoms in total. The SMILES string of the molecule is c1ccc(P(c2ccccc2)N(C2C[C@@H]3CC[C@H]2C3)P(c2ccccc2)c2ccccc2)cc1. The highest BCUT2D eigenvalue weighted by Gasteiger charge is 2.47. The fourth-order valence-corrected chi connectivity index (χ4v) is 12.4. The van der Waals surface area contributed by atoms with Gasteiger partial charge in [0.15, 0.2) is 0 Å². The fourth-order valence-electron chi connectivity index (χ4n) is 5.93. The lowest BCUT2D eigenvalue weighted by atomic mass is 9.96. The van der Waals surface area contributed by atoms with Crippen LogP contribution in [0.15, 0.2) is 121 Å². The Bertz CT molecular complexity index is 1020. The number of fused-ring (bicyclic) bond motifs is 2. The molecule has 2 saturated carbocycles. The third-order valence-electron chi connectivity index (χ3n) is 7.41. The van der Waals surface area contributed by atoms with Gasteiger partial charge in [-0.1, -0.05) is 128 Å². The molecule has 0 saturated heterocycles. The maximum Gasteiger partial charge on any atom is 0.0325 e. The molecule has 34 heavy (non-hydrogen) atoms. The van der Waals surface area contributed by atoms with Crippen LogP contribution >= 0.6 is 16.1 Å². The van der Waals surface area contributed by atoms with Gasteiger partial charge in [-0.25, -0.2) is 4.44 Å². The Morgan fingerprint density at radius 3 is 1.15 bits per heavy atom. The number of benzene rings is 4. The lowest BCUT2D eigenvalue weighted by Gasteiger charge is -2.45. The molecule has 4 aromatic carbocycles. The van der Waals surface area contributed by atoms with Gasteiger partial charge in [0.25, 0.3) is 0 Å². The van der Waals surface area contributed by atoms with Crippen molar-refractivity contribution in [2.45, 2.75) is 31.7 Å². The monoisotopic (exact) mass is 479 g/mol. The van der Waals surface area contributed by atoms with Gasteiger partial charge in [-0.2, -0.15) is 0 Å². The van der Waals surface area contributed by atoms with E-state index in [1.807, 2.05) is 0 Å². The molecule has 2 fully saturated rings. The van der Waals surface area contributed by atoms with Crippen molar-refractivity contribution < 1.29 is 0 Å². The van der Waals surface area contributed by atoms with Crippen LogP contribution in [0.5, 0.6) is 0 Å². The van der Waals surface area contributed by atoms with Crippen molar-refractivity contribution in [2.24, 2.45) is 11.8 Å². The van der Waals surface area contributed by atoms with Gasteiger partial charge in [-0.05, 0) is 52.3 Å². The second-order valence-electron chi connectivity index (χ2n) is 9.53. The van der Waals surface area contributed by atoms with E-state index in [-0.39, 0.29) is 0 Å². The quantitative estimate of drug-likeness (QED) is 0.271. The first-order valence-corrected chi connectivity index (χ1v) is 15.1. The van der Waals surface area contributed by atoms with Gasteiger partial charge in [0.05, 0.1) is 0 Å². The van der Waals surface area contributed by atoms with E-state index in [1.165, 1.54) is 46.9 Å². The lowest BCUT2D eigenvalue weighted by molar-refractivity contribution is 0.333. The zero-order valence-electron chi connectivity index (χ0n) is 19.4. The molecule has 2 aliphatic carbocycles. The summed E-state index contributed by atoms with van der Waals surface area (Å²) in [5.41, 5.74) is 0. The molecule has 0 radical (unpaired) electrons. The van der Waals surface area contributed by atoms with Crippen LogP contribution in [0.25, 0.3) is 0 Å². The molecule has 3 atom stereocenters. The third-order valence-corrected chi connectivity index (χ3v) is 13.0. The summed E-state index contributed by atoms with van der Waals surface area (Å²) in [6, 6.07) is 45.9. The molecule has 0 heterocycles. The number of hydrogen-bond donors (Lipinski definition) is 0. The largest absolute Gasteiger partial charge is 0.241 e. The number of nitrogens with zero attached hydrogens (tertiary/aromatic N) is 1. The molecule has 4 aromatic rings. The molecule has 3 heteroatoms. The van der Waals surface area contributed by atoms with Gasteiger partial charge in [-0.15, -0.1) is 0 Å². The van der Waals surface area contributed by atoms with Crippen molar-refractivity contribution in [3.63, 3.8) is 0 Å². The normalized spacial score (nSPS) is 21.6. The average molecular weight is 480 g/mol. The van der Waals surface area contributed by atoms with Crippen LogP contribution in [0.1, 0.15) is 25.7 Å². The van der Waals surface area contributed by atoms with Crippen molar-refractivity contribution in [1.82, 2.24) is 4.44 Å². The molecule has 6 rings (SSSR count). The first kappa shape index (κ1) is 22.2. The fraction of sp³-hybridized carbons (Fsp3) is 0.226. The van der Waals surface area contributed by atoms with E-state index >= 15 is 0 Å². The summed E-state index contributed by atoms with van der Waals surface area (Å²) < 4.78 is 3.03. The maximum atomic E-state index is 3.03. The van der Waals surface area contributed by atoms with Crippen molar-refractivity contribution >= 4 is 37.4 Å². The summed E-state index contributed by atoms with van der Waals surface area (Å²) in [5, 5.41) is 5.85. The van der Waals surface area contributed by atoms with Gasteiger partial charge >= 0.3 is 0 Å². The van der Waals surface area contributed by atoms with E-state index in [4.69, 9.17) is 0 Å². The summed E-state index contributed by atoms with van der Waals surface area (Å²) in [4.78, 5) is 0. The van der Waals surface area contributed by atoms with E-state index in [0.717, 1.165) is 11.8 Å². The maximum absolute atomic E-state index is 3.03. The van der Waals surface area contributed by atoms with E-state index in [1.54, 1.807) is 0 Å². The average Bonchev–Trinajstić information content (AvgIpc) is 3.55. The highest BCUT2D eigenvalue weighted by atomic mass is 31.2. The van der Waals surface area contributed by atoms with Crippen LogP contribution in [0.3, 0.4) is 0 Å². The Kier molecular flexibility index (Phi) is 6.61. The molecule has 2 bridgehead atoms. The summed E-state index contributed by atoms with van der Waals surface area (Å²) in [6.45, 7) is 0. The van der Waals surface area contributed by atoms with Crippen molar-refractivity contribution in [2.75, 3.05) is 0 Å². The Labute approximate surface area is 206 Å². The molecule has 2 aliphatic rings. The lowest BCUT2D eigenvalue weighted by Crippen LogP contribution is -2.41. The standard InChI is InChI=1S/C31H31NP2/c1-5-13-27(14-6-1)33(28-15-7-2-8-16-28)32(31-24-25-21-22-26(31)23-25)34(29-17-9-3-10-18-29)30-19-11-4-12-20-30/h1-20,25-26,31H,21-24H2/t25-,26+,31?/m1/s1. The molecular weight excluding hydrogens is 448 g/mol. The van der Waals surface area contributed by atoms with Gasteiger partial charge in [-0.3, -0.25) is 0 Å². The number of rotatable bonds is 7. The van der Waals surface area contributed by atoms with E-state index in [0.29, 0.717) is 6.04 Å². The van der Waals surface area contributed by atoms with Crippen LogP contribution < -0.4 is 21.2 Å². The smallest absolute Gasteiger partial charge is 0.0325 e. The van der Waals surface area contributed by atoms with Crippen LogP contribution in [-0.4, -0.2) is 10.5 Å². The van der Waals surface area contributed by atoms with Crippen LogP contribution in [0.2, 0.25) is 0 Å². The van der Waals surface area contributed by atoms with Crippen LogP contribution in [0.4, 0.5) is 0 Å². The molecule has 0 aliphatic heterocycles. The van der Waals surface area contributed by atoms with Crippen LogP contribution in [0, 0.1) is 11.8 Å². The molecule has 0 N–H and O–H groups in total.